The lowest BCUT2D eigenvalue weighted by atomic mass is 10.1. The van der Waals surface area contributed by atoms with E-state index in [4.69, 9.17) is 11.6 Å². The zero-order valence-corrected chi connectivity index (χ0v) is 21.1. The van der Waals surface area contributed by atoms with Gasteiger partial charge < -0.3 is 10.2 Å². The van der Waals surface area contributed by atoms with Crippen molar-refractivity contribution >= 4 is 39.3 Å². The highest BCUT2D eigenvalue weighted by Crippen LogP contribution is 2.30. The van der Waals surface area contributed by atoms with Crippen LogP contribution >= 0.6 is 11.6 Å². The van der Waals surface area contributed by atoms with Crippen LogP contribution in [0, 0.1) is 0 Å². The molecule has 1 aliphatic rings. The standard InChI is InChI=1S/C24H28ClN3O5S/c1-16(22(30)26-24(2,3)4)27(15-17-9-5-7-11-19(17)25)21(29)13-14-28-23(31)18-10-6-8-12-20(18)34(28,32)33/h5-12,16H,13-15H2,1-4H3,(H,26,30). The van der Waals surface area contributed by atoms with Gasteiger partial charge in [0.2, 0.25) is 11.8 Å². The molecule has 34 heavy (non-hydrogen) atoms. The Morgan fingerprint density at radius 1 is 1.09 bits per heavy atom. The Kier molecular flexibility index (Phi) is 7.38. The van der Waals surface area contributed by atoms with Crippen LogP contribution in [0.1, 0.15) is 50.0 Å². The van der Waals surface area contributed by atoms with Crippen LogP contribution in [0.25, 0.3) is 0 Å². The van der Waals surface area contributed by atoms with E-state index in [2.05, 4.69) is 5.32 Å². The van der Waals surface area contributed by atoms with Crippen molar-refractivity contribution in [3.05, 3.63) is 64.7 Å². The van der Waals surface area contributed by atoms with E-state index in [0.29, 0.717) is 14.9 Å². The number of benzene rings is 2. The molecule has 182 valence electrons. The molecule has 0 bridgehead atoms. The molecule has 2 aromatic rings. The van der Waals surface area contributed by atoms with E-state index in [-0.39, 0.29) is 35.9 Å². The smallest absolute Gasteiger partial charge is 0.269 e. The van der Waals surface area contributed by atoms with Gasteiger partial charge in [0, 0.05) is 30.1 Å². The molecule has 0 fully saturated rings. The molecule has 10 heteroatoms. The number of fused-ring (bicyclic) bond motifs is 1. The van der Waals surface area contributed by atoms with E-state index in [1.165, 1.54) is 17.0 Å². The Hall–Kier alpha value is -2.91. The van der Waals surface area contributed by atoms with Gasteiger partial charge in [0.1, 0.15) is 10.9 Å². The summed E-state index contributed by atoms with van der Waals surface area (Å²) < 4.78 is 26.3. The Bertz CT molecular complexity index is 1220. The normalized spacial score (nSPS) is 15.6. The van der Waals surface area contributed by atoms with Crippen LogP contribution in [0.15, 0.2) is 53.4 Å². The quantitative estimate of drug-likeness (QED) is 0.622. The van der Waals surface area contributed by atoms with Crippen LogP contribution < -0.4 is 5.32 Å². The second-order valence-corrected chi connectivity index (χ2v) is 11.4. The Morgan fingerprint density at radius 3 is 2.32 bits per heavy atom. The third-order valence-electron chi connectivity index (χ3n) is 5.40. The minimum atomic E-state index is -4.03. The van der Waals surface area contributed by atoms with Crippen molar-refractivity contribution in [1.29, 1.82) is 0 Å². The molecule has 1 aliphatic heterocycles. The molecule has 0 saturated heterocycles. The van der Waals surface area contributed by atoms with E-state index in [9.17, 15) is 22.8 Å². The molecule has 3 amide bonds. The van der Waals surface area contributed by atoms with Gasteiger partial charge >= 0.3 is 0 Å². The summed E-state index contributed by atoms with van der Waals surface area (Å²) in [6.07, 6.45) is -0.281. The fraction of sp³-hybridized carbons (Fsp3) is 0.375. The van der Waals surface area contributed by atoms with Gasteiger partial charge in [-0.25, -0.2) is 12.7 Å². The fourth-order valence-electron chi connectivity index (χ4n) is 3.66. The Labute approximate surface area is 204 Å². The molecule has 3 rings (SSSR count). The molecule has 1 heterocycles. The van der Waals surface area contributed by atoms with Gasteiger partial charge in [-0.05, 0) is 51.5 Å². The van der Waals surface area contributed by atoms with Gasteiger partial charge in [-0.1, -0.05) is 41.9 Å². The average molecular weight is 506 g/mol. The molecule has 0 spiro atoms. The zero-order valence-electron chi connectivity index (χ0n) is 19.5. The molecule has 1 N–H and O–H groups in total. The van der Waals surface area contributed by atoms with Gasteiger partial charge in [0.25, 0.3) is 15.9 Å². The van der Waals surface area contributed by atoms with Crippen molar-refractivity contribution in [1.82, 2.24) is 14.5 Å². The maximum Gasteiger partial charge on any atom is 0.269 e. The molecular weight excluding hydrogens is 478 g/mol. The third kappa shape index (κ3) is 5.42. The first kappa shape index (κ1) is 25.7. The number of rotatable bonds is 7. The van der Waals surface area contributed by atoms with Crippen molar-refractivity contribution in [2.45, 2.75) is 57.1 Å². The lowest BCUT2D eigenvalue weighted by Crippen LogP contribution is -2.52. The van der Waals surface area contributed by atoms with Gasteiger partial charge in [-0.15, -0.1) is 0 Å². The van der Waals surface area contributed by atoms with Crippen molar-refractivity contribution in [3.8, 4) is 0 Å². The van der Waals surface area contributed by atoms with Crippen molar-refractivity contribution < 1.29 is 22.8 Å². The van der Waals surface area contributed by atoms with E-state index in [0.717, 1.165) is 0 Å². The van der Waals surface area contributed by atoms with Gasteiger partial charge in [0.05, 0.1) is 5.56 Å². The number of sulfonamides is 1. The van der Waals surface area contributed by atoms with Crippen LogP contribution in [0.5, 0.6) is 0 Å². The predicted octanol–water partition coefficient (Wildman–Crippen LogP) is 3.21. The van der Waals surface area contributed by atoms with Crippen molar-refractivity contribution in [3.63, 3.8) is 0 Å². The van der Waals surface area contributed by atoms with Crippen LogP contribution in [0.4, 0.5) is 0 Å². The molecule has 2 aromatic carbocycles. The highest BCUT2D eigenvalue weighted by molar-refractivity contribution is 7.90. The van der Waals surface area contributed by atoms with E-state index >= 15 is 0 Å². The lowest BCUT2D eigenvalue weighted by Gasteiger charge is -2.32. The summed E-state index contributed by atoms with van der Waals surface area (Å²) in [5.74, 6) is -1.50. The highest BCUT2D eigenvalue weighted by atomic mass is 35.5. The maximum absolute atomic E-state index is 13.3. The average Bonchev–Trinajstić information content (AvgIpc) is 2.95. The lowest BCUT2D eigenvalue weighted by molar-refractivity contribution is -0.141. The number of amides is 3. The van der Waals surface area contributed by atoms with Crippen LogP contribution in [0.2, 0.25) is 5.02 Å². The van der Waals surface area contributed by atoms with E-state index < -0.39 is 33.4 Å². The predicted molar refractivity (Wildman–Crippen MR) is 129 cm³/mol. The summed E-state index contributed by atoms with van der Waals surface area (Å²) in [6, 6.07) is 12.1. The highest BCUT2D eigenvalue weighted by Gasteiger charge is 2.41. The number of hydrogen-bond donors (Lipinski definition) is 1. The van der Waals surface area contributed by atoms with Gasteiger partial charge in [-0.2, -0.15) is 0 Å². The largest absolute Gasteiger partial charge is 0.350 e. The minimum Gasteiger partial charge on any atom is -0.350 e. The fourth-order valence-corrected chi connectivity index (χ4v) is 5.42. The molecule has 0 aliphatic carbocycles. The molecule has 0 aromatic heterocycles. The molecule has 8 nitrogen and oxygen atoms in total. The number of hydrogen-bond acceptors (Lipinski definition) is 5. The molecule has 0 radical (unpaired) electrons. The number of halogens is 1. The molecule has 1 atom stereocenters. The van der Waals surface area contributed by atoms with Gasteiger partial charge in [-0.3, -0.25) is 14.4 Å². The number of carbonyl (C=O) groups is 3. The summed E-state index contributed by atoms with van der Waals surface area (Å²) in [6.45, 7) is 6.82. The first-order chi connectivity index (χ1) is 15.8. The van der Waals surface area contributed by atoms with E-state index in [1.807, 2.05) is 20.8 Å². The third-order valence-corrected chi connectivity index (χ3v) is 7.61. The summed E-state index contributed by atoms with van der Waals surface area (Å²) >= 11 is 6.28. The van der Waals surface area contributed by atoms with Crippen molar-refractivity contribution in [2.75, 3.05) is 6.54 Å². The van der Waals surface area contributed by atoms with Crippen LogP contribution in [0.3, 0.4) is 0 Å². The number of nitrogens with one attached hydrogen (secondary N) is 1. The minimum absolute atomic E-state index is 0.0537. The number of nitrogens with zero attached hydrogens (tertiary/aromatic N) is 2. The van der Waals surface area contributed by atoms with Crippen molar-refractivity contribution in [2.24, 2.45) is 0 Å². The topological polar surface area (TPSA) is 104 Å². The summed E-state index contributed by atoms with van der Waals surface area (Å²) in [4.78, 5) is 40.1. The first-order valence-electron chi connectivity index (χ1n) is 10.8. The number of carbonyl (C=O) groups excluding carboxylic acids is 3. The van der Waals surface area contributed by atoms with Crippen LogP contribution in [-0.4, -0.2) is 53.5 Å². The van der Waals surface area contributed by atoms with Gasteiger partial charge in [0.15, 0.2) is 0 Å². The molecule has 0 saturated carbocycles. The van der Waals surface area contributed by atoms with E-state index in [1.54, 1.807) is 43.3 Å². The second-order valence-electron chi connectivity index (χ2n) is 9.16. The zero-order chi connectivity index (χ0) is 25.3. The molecule has 1 unspecified atom stereocenters. The Morgan fingerprint density at radius 2 is 1.71 bits per heavy atom. The summed E-state index contributed by atoms with van der Waals surface area (Å²) in [5, 5.41) is 3.30. The SMILES string of the molecule is CC(C(=O)NC(C)(C)C)N(Cc1ccccc1Cl)C(=O)CCN1C(=O)c2ccccc2S1(=O)=O. The first-order valence-corrected chi connectivity index (χ1v) is 12.7. The second kappa shape index (κ2) is 9.76. The monoisotopic (exact) mass is 505 g/mol. The summed E-state index contributed by atoms with van der Waals surface area (Å²) in [5.41, 5.74) is 0.220. The Balaban J connectivity index is 1.82. The molecular formula is C24H28ClN3O5S. The maximum atomic E-state index is 13.3. The van der Waals surface area contributed by atoms with Crippen LogP contribution in [-0.2, 0) is 26.2 Å². The summed E-state index contributed by atoms with van der Waals surface area (Å²) in [7, 11) is -4.03.